The fraction of sp³-hybridized carbons (Fsp3) is 0.0909. The number of hydrogen-bond donors (Lipinski definition) is 2. The van der Waals surface area contributed by atoms with Crippen molar-refractivity contribution in [3.63, 3.8) is 0 Å². The van der Waals surface area contributed by atoms with Gasteiger partial charge in [0.1, 0.15) is 0 Å². The van der Waals surface area contributed by atoms with Crippen LogP contribution in [0.2, 0.25) is 0 Å². The summed E-state index contributed by atoms with van der Waals surface area (Å²) in [5.74, 6) is -1.13. The third-order valence-electron chi connectivity index (χ3n) is 4.49. The van der Waals surface area contributed by atoms with E-state index in [2.05, 4.69) is 20.8 Å². The van der Waals surface area contributed by atoms with Crippen LogP contribution in [0.1, 0.15) is 15.9 Å². The molecule has 0 aliphatic carbocycles. The number of carbonyl (C=O) groups is 2. The summed E-state index contributed by atoms with van der Waals surface area (Å²) < 4.78 is 39.6. The van der Waals surface area contributed by atoms with Gasteiger partial charge < -0.3 is 5.32 Å². The number of halogens is 3. The van der Waals surface area contributed by atoms with E-state index < -0.39 is 17.6 Å². The highest BCUT2D eigenvalue weighted by Crippen LogP contribution is 2.35. The van der Waals surface area contributed by atoms with Crippen molar-refractivity contribution >= 4 is 56.5 Å². The number of aromatic nitrogens is 2. The number of nitrogens with one attached hydrogen (secondary N) is 2. The smallest absolute Gasteiger partial charge is 0.325 e. The number of alkyl halides is 3. The maximum atomic E-state index is 13.1. The van der Waals surface area contributed by atoms with Crippen LogP contribution in [-0.4, -0.2) is 27.8 Å². The van der Waals surface area contributed by atoms with Gasteiger partial charge in [0.05, 0.1) is 17.0 Å². The maximum absolute atomic E-state index is 13.1. The van der Waals surface area contributed by atoms with Crippen molar-refractivity contribution in [2.45, 2.75) is 10.5 Å². The molecule has 0 atom stereocenters. The number of hydrogen-bond acceptors (Lipinski definition) is 6. The van der Waals surface area contributed by atoms with E-state index in [1.807, 2.05) is 30.3 Å². The average Bonchev–Trinajstić information content (AvgIpc) is 3.24. The van der Waals surface area contributed by atoms with Crippen molar-refractivity contribution in [1.29, 1.82) is 0 Å². The van der Waals surface area contributed by atoms with Crippen LogP contribution in [-0.2, 0) is 11.0 Å². The zero-order valence-electron chi connectivity index (χ0n) is 16.7. The Bertz CT molecular complexity index is 1320. The molecule has 0 saturated heterocycles. The van der Waals surface area contributed by atoms with E-state index in [9.17, 15) is 22.8 Å². The predicted molar refractivity (Wildman–Crippen MR) is 123 cm³/mol. The van der Waals surface area contributed by atoms with Gasteiger partial charge in [-0.3, -0.25) is 14.9 Å². The molecule has 6 nitrogen and oxygen atoms in total. The van der Waals surface area contributed by atoms with E-state index in [4.69, 9.17) is 0 Å². The molecule has 33 heavy (non-hydrogen) atoms. The third-order valence-corrected chi connectivity index (χ3v) is 6.47. The molecule has 0 spiro atoms. The van der Waals surface area contributed by atoms with Crippen LogP contribution in [0.3, 0.4) is 0 Å². The first-order valence-corrected chi connectivity index (χ1v) is 11.3. The van der Waals surface area contributed by atoms with Gasteiger partial charge in [0.25, 0.3) is 5.91 Å². The van der Waals surface area contributed by atoms with Gasteiger partial charge in [-0.1, -0.05) is 71.6 Å². The molecule has 4 rings (SSSR count). The second-order valence-corrected chi connectivity index (χ2v) is 8.93. The van der Waals surface area contributed by atoms with E-state index in [1.54, 1.807) is 12.1 Å². The molecule has 2 N–H and O–H groups in total. The monoisotopic (exact) mass is 488 g/mol. The second-order valence-electron chi connectivity index (χ2n) is 6.73. The topological polar surface area (TPSA) is 84.0 Å². The Kier molecular flexibility index (Phi) is 6.61. The quantitative estimate of drug-likeness (QED) is 0.269. The van der Waals surface area contributed by atoms with Crippen molar-refractivity contribution in [3.8, 4) is 0 Å². The average molecular weight is 489 g/mol. The van der Waals surface area contributed by atoms with E-state index in [1.165, 1.54) is 18.2 Å². The molecule has 1 aromatic heterocycles. The molecule has 11 heteroatoms. The lowest BCUT2D eigenvalue weighted by molar-refractivity contribution is -0.137. The standard InChI is InChI=1S/C22H15F3N4O2S2/c23-22(24,25)16-10-3-4-11-17(16)26-18(30)12-32-21-29-28-20(33-21)27-19(31)15-9-5-7-13-6-1-2-8-14(13)15/h1-11H,12H2,(H,26,30)(H,27,28,31). The van der Waals surface area contributed by atoms with Crippen molar-refractivity contribution in [1.82, 2.24) is 10.2 Å². The molecule has 0 radical (unpaired) electrons. The normalized spacial score (nSPS) is 11.4. The molecule has 3 aromatic carbocycles. The molecule has 2 amide bonds. The Morgan fingerprint density at radius 2 is 1.64 bits per heavy atom. The molecule has 4 aromatic rings. The minimum absolute atomic E-state index is 0.169. The number of thioether (sulfide) groups is 1. The highest BCUT2D eigenvalue weighted by atomic mass is 32.2. The van der Waals surface area contributed by atoms with Crippen LogP contribution in [0.25, 0.3) is 10.8 Å². The summed E-state index contributed by atoms with van der Waals surface area (Å²) in [6.45, 7) is 0. The third kappa shape index (κ3) is 5.49. The SMILES string of the molecule is O=C(CSc1nnc(NC(=O)c2cccc3ccccc23)s1)Nc1ccccc1C(F)(F)F. The molecule has 0 aliphatic rings. The molecule has 0 unspecified atom stereocenters. The Morgan fingerprint density at radius 1 is 0.909 bits per heavy atom. The second kappa shape index (κ2) is 9.59. The molecule has 0 saturated carbocycles. The van der Waals surface area contributed by atoms with E-state index in [0.717, 1.165) is 39.9 Å². The van der Waals surface area contributed by atoms with Gasteiger partial charge >= 0.3 is 6.18 Å². The van der Waals surface area contributed by atoms with Crippen LogP contribution in [0, 0.1) is 0 Å². The summed E-state index contributed by atoms with van der Waals surface area (Å²) in [6, 6.07) is 17.6. The highest BCUT2D eigenvalue weighted by Gasteiger charge is 2.33. The Hall–Kier alpha value is -3.44. The number of amides is 2. The molecular formula is C22H15F3N4O2S2. The van der Waals surface area contributed by atoms with Gasteiger partial charge in [0.2, 0.25) is 11.0 Å². The fourth-order valence-corrected chi connectivity index (χ4v) is 4.61. The lowest BCUT2D eigenvalue weighted by atomic mass is 10.0. The van der Waals surface area contributed by atoms with Crippen LogP contribution >= 0.6 is 23.1 Å². The van der Waals surface area contributed by atoms with Crippen molar-refractivity contribution in [2.75, 3.05) is 16.4 Å². The van der Waals surface area contributed by atoms with E-state index >= 15 is 0 Å². The van der Waals surface area contributed by atoms with Gasteiger partial charge in [0.15, 0.2) is 4.34 Å². The molecule has 0 bridgehead atoms. The molecule has 168 valence electrons. The van der Waals surface area contributed by atoms with Crippen molar-refractivity contribution in [2.24, 2.45) is 0 Å². The van der Waals surface area contributed by atoms with Gasteiger partial charge in [-0.25, -0.2) is 0 Å². The first-order chi connectivity index (χ1) is 15.8. The molecule has 0 fully saturated rings. The van der Waals surface area contributed by atoms with Gasteiger partial charge in [-0.15, -0.1) is 10.2 Å². The lowest BCUT2D eigenvalue weighted by Gasteiger charge is -2.13. The summed E-state index contributed by atoms with van der Waals surface area (Å²) in [4.78, 5) is 24.8. The van der Waals surface area contributed by atoms with Crippen LogP contribution in [0.4, 0.5) is 24.0 Å². The van der Waals surface area contributed by atoms with Crippen LogP contribution in [0.5, 0.6) is 0 Å². The number of nitrogens with zero attached hydrogens (tertiary/aromatic N) is 2. The minimum atomic E-state index is -4.58. The zero-order chi connectivity index (χ0) is 23.4. The van der Waals surface area contributed by atoms with Gasteiger partial charge in [0, 0.05) is 5.56 Å². The summed E-state index contributed by atoms with van der Waals surface area (Å²) >= 11 is 2.07. The largest absolute Gasteiger partial charge is 0.418 e. The number of para-hydroxylation sites is 1. The number of anilines is 2. The maximum Gasteiger partial charge on any atom is 0.418 e. The number of carbonyl (C=O) groups excluding carboxylic acids is 2. The van der Waals surface area contributed by atoms with Crippen LogP contribution in [0.15, 0.2) is 71.1 Å². The Balaban J connectivity index is 1.37. The molecule has 0 aliphatic heterocycles. The van der Waals surface area contributed by atoms with E-state index in [-0.39, 0.29) is 22.5 Å². The van der Waals surface area contributed by atoms with Gasteiger partial charge in [-0.05, 0) is 29.0 Å². The predicted octanol–water partition coefficient (Wildman–Crippen LogP) is 5.69. The fourth-order valence-electron chi connectivity index (χ4n) is 3.06. The van der Waals surface area contributed by atoms with Gasteiger partial charge in [-0.2, -0.15) is 13.2 Å². The number of rotatable bonds is 6. The summed E-state index contributed by atoms with van der Waals surface area (Å²) in [5.41, 5.74) is -0.742. The molecule has 1 heterocycles. The van der Waals surface area contributed by atoms with Crippen molar-refractivity contribution < 1.29 is 22.8 Å². The summed E-state index contributed by atoms with van der Waals surface area (Å²) in [7, 11) is 0. The summed E-state index contributed by atoms with van der Waals surface area (Å²) in [5, 5.41) is 14.8. The highest BCUT2D eigenvalue weighted by molar-refractivity contribution is 8.01. The van der Waals surface area contributed by atoms with E-state index in [0.29, 0.717) is 9.90 Å². The first kappa shape index (κ1) is 22.7. The Labute approximate surface area is 194 Å². The first-order valence-electron chi connectivity index (χ1n) is 9.53. The zero-order valence-corrected chi connectivity index (χ0v) is 18.4. The summed E-state index contributed by atoms with van der Waals surface area (Å²) in [6.07, 6.45) is -4.58. The Morgan fingerprint density at radius 3 is 2.45 bits per heavy atom. The number of benzene rings is 3. The molecular weight excluding hydrogens is 473 g/mol. The number of fused-ring (bicyclic) bond motifs is 1. The lowest BCUT2D eigenvalue weighted by Crippen LogP contribution is -2.18. The van der Waals surface area contributed by atoms with Crippen LogP contribution < -0.4 is 10.6 Å². The minimum Gasteiger partial charge on any atom is -0.325 e. The van der Waals surface area contributed by atoms with Crippen molar-refractivity contribution in [3.05, 3.63) is 77.9 Å².